The summed E-state index contributed by atoms with van der Waals surface area (Å²) in [6.45, 7) is 0.533. The van der Waals surface area contributed by atoms with Crippen LogP contribution >= 0.6 is 11.3 Å². The lowest BCUT2D eigenvalue weighted by Gasteiger charge is -2.06. The zero-order chi connectivity index (χ0) is 17.4. The van der Waals surface area contributed by atoms with E-state index in [-0.39, 0.29) is 0 Å². The van der Waals surface area contributed by atoms with Gasteiger partial charge in [-0.25, -0.2) is 9.97 Å². The Labute approximate surface area is 148 Å². The van der Waals surface area contributed by atoms with Crippen LogP contribution in [-0.4, -0.2) is 38.6 Å². The van der Waals surface area contributed by atoms with Crippen LogP contribution < -0.4 is 0 Å². The van der Waals surface area contributed by atoms with Crippen molar-refractivity contribution in [1.29, 1.82) is 0 Å². The van der Waals surface area contributed by atoms with Gasteiger partial charge in [-0.15, -0.1) is 11.3 Å². The van der Waals surface area contributed by atoms with Gasteiger partial charge >= 0.3 is 0 Å². The van der Waals surface area contributed by atoms with Crippen molar-refractivity contribution in [3.8, 4) is 11.3 Å². The van der Waals surface area contributed by atoms with Crippen LogP contribution in [0.5, 0.6) is 0 Å². The Kier molecular flexibility index (Phi) is 4.20. The van der Waals surface area contributed by atoms with Crippen molar-refractivity contribution in [2.45, 2.75) is 12.5 Å². The summed E-state index contributed by atoms with van der Waals surface area (Å²) in [5.41, 5.74) is 2.55. The van der Waals surface area contributed by atoms with Gasteiger partial charge < -0.3 is 9.84 Å². The Bertz CT molecular complexity index is 1040. The molecule has 4 aromatic rings. The van der Waals surface area contributed by atoms with Crippen LogP contribution in [0, 0.1) is 0 Å². The molecule has 0 unspecified atom stereocenters. The molecule has 4 aromatic heterocycles. The fraction of sp³-hybridized carbons (Fsp3) is 0.278. The smallest absolute Gasteiger partial charge is 0.181 e. The van der Waals surface area contributed by atoms with E-state index in [1.807, 2.05) is 37.5 Å². The molecule has 0 saturated carbocycles. The molecule has 7 heteroatoms. The van der Waals surface area contributed by atoms with E-state index in [9.17, 15) is 5.11 Å². The average molecular weight is 354 g/mol. The molecular formula is C18H18N4O2S. The molecule has 4 rings (SSSR count). The van der Waals surface area contributed by atoms with E-state index in [4.69, 9.17) is 9.72 Å². The third-order valence-corrected chi connectivity index (χ3v) is 5.24. The van der Waals surface area contributed by atoms with E-state index < -0.39 is 6.10 Å². The first-order chi connectivity index (χ1) is 12.1. The number of nitrogens with zero attached hydrogens (tertiary/aromatic N) is 4. The van der Waals surface area contributed by atoms with E-state index in [2.05, 4.69) is 10.1 Å². The van der Waals surface area contributed by atoms with Gasteiger partial charge in [0.05, 0.1) is 11.8 Å². The van der Waals surface area contributed by atoms with Crippen molar-refractivity contribution in [2.75, 3.05) is 13.7 Å². The van der Waals surface area contributed by atoms with Gasteiger partial charge in [0.15, 0.2) is 5.65 Å². The van der Waals surface area contributed by atoms with E-state index in [0.717, 1.165) is 37.4 Å². The predicted octanol–water partition coefficient (Wildman–Crippen LogP) is 3.31. The number of aromatic nitrogens is 4. The lowest BCUT2D eigenvalue weighted by molar-refractivity contribution is 0.113. The summed E-state index contributed by atoms with van der Waals surface area (Å²) in [5, 5.41) is 16.6. The highest BCUT2D eigenvalue weighted by atomic mass is 32.1. The first-order valence-electron chi connectivity index (χ1n) is 8.01. The van der Waals surface area contributed by atoms with Crippen LogP contribution in [0.2, 0.25) is 0 Å². The molecule has 0 amide bonds. The van der Waals surface area contributed by atoms with Crippen molar-refractivity contribution in [3.05, 3.63) is 41.5 Å². The molecule has 1 atom stereocenters. The summed E-state index contributed by atoms with van der Waals surface area (Å²) >= 11 is 1.52. The minimum absolute atomic E-state index is 0.518. The van der Waals surface area contributed by atoms with E-state index in [0.29, 0.717) is 13.0 Å². The highest BCUT2D eigenvalue weighted by molar-refractivity contribution is 7.18. The molecule has 0 aliphatic heterocycles. The number of methoxy groups -OCH3 is 1. The standard InChI is InChI=1S/C18H18N4O2S/c1-22-10-13-7-12(9-19-17(13)21-22)14-4-3-11-8-16(25-18(11)20-14)15(23)5-6-24-2/h3-4,7-10,15,23H,5-6H2,1-2H3/t15-/m0/s1. The molecule has 1 N–H and O–H groups in total. The quantitative estimate of drug-likeness (QED) is 0.595. The van der Waals surface area contributed by atoms with Crippen LogP contribution in [0.1, 0.15) is 17.4 Å². The van der Waals surface area contributed by atoms with Crippen molar-refractivity contribution in [2.24, 2.45) is 7.05 Å². The molecule has 128 valence electrons. The third-order valence-electron chi connectivity index (χ3n) is 4.10. The van der Waals surface area contributed by atoms with Crippen molar-refractivity contribution in [3.63, 3.8) is 0 Å². The lowest BCUT2D eigenvalue weighted by Crippen LogP contribution is -1.99. The second-order valence-electron chi connectivity index (χ2n) is 5.98. The number of ether oxygens (including phenoxy) is 1. The Hall–Kier alpha value is -2.35. The summed E-state index contributed by atoms with van der Waals surface area (Å²) in [7, 11) is 3.52. The molecule has 0 saturated heterocycles. The van der Waals surface area contributed by atoms with Crippen LogP contribution in [0.25, 0.3) is 32.5 Å². The first kappa shape index (κ1) is 16.1. The molecule has 0 aromatic carbocycles. The van der Waals surface area contributed by atoms with Crippen LogP contribution in [-0.2, 0) is 11.8 Å². The number of aliphatic hydroxyl groups is 1. The van der Waals surface area contributed by atoms with Gasteiger partial charge in [-0.05, 0) is 24.3 Å². The molecule has 0 fully saturated rings. The van der Waals surface area contributed by atoms with Crippen molar-refractivity contribution in [1.82, 2.24) is 19.7 Å². The maximum absolute atomic E-state index is 10.2. The number of hydrogen-bond donors (Lipinski definition) is 1. The topological polar surface area (TPSA) is 73.1 Å². The van der Waals surface area contributed by atoms with Crippen LogP contribution in [0.3, 0.4) is 0 Å². The summed E-state index contributed by atoms with van der Waals surface area (Å²) in [6.07, 6.45) is 3.80. The average Bonchev–Trinajstić information content (AvgIpc) is 3.20. The monoisotopic (exact) mass is 354 g/mol. The number of pyridine rings is 2. The molecule has 0 aliphatic rings. The SMILES string of the molecule is COCC[C@H](O)c1cc2ccc(-c3cnc4nn(C)cc4c3)nc2s1. The minimum atomic E-state index is -0.518. The Balaban J connectivity index is 1.69. The number of thiophene rings is 1. The molecule has 0 aliphatic carbocycles. The summed E-state index contributed by atoms with van der Waals surface area (Å²) < 4.78 is 6.79. The van der Waals surface area contributed by atoms with Gasteiger partial charge in [0, 0.05) is 60.8 Å². The van der Waals surface area contributed by atoms with Crippen molar-refractivity contribution < 1.29 is 9.84 Å². The number of fused-ring (bicyclic) bond motifs is 2. The fourth-order valence-electron chi connectivity index (χ4n) is 2.81. The molecular weight excluding hydrogens is 336 g/mol. The highest BCUT2D eigenvalue weighted by Crippen LogP contribution is 2.32. The van der Waals surface area contributed by atoms with Gasteiger partial charge in [0.2, 0.25) is 0 Å². The molecule has 0 spiro atoms. The zero-order valence-electron chi connectivity index (χ0n) is 14.0. The molecule has 0 bridgehead atoms. The van der Waals surface area contributed by atoms with E-state index in [1.54, 1.807) is 18.0 Å². The normalized spacial score (nSPS) is 12.9. The zero-order valence-corrected chi connectivity index (χ0v) is 14.8. The largest absolute Gasteiger partial charge is 0.387 e. The molecule has 4 heterocycles. The fourth-order valence-corrected chi connectivity index (χ4v) is 3.86. The lowest BCUT2D eigenvalue weighted by atomic mass is 10.1. The van der Waals surface area contributed by atoms with Crippen molar-refractivity contribution >= 4 is 32.6 Å². The number of hydrogen-bond acceptors (Lipinski definition) is 6. The number of rotatable bonds is 5. The van der Waals surface area contributed by atoms with Gasteiger partial charge in [0.25, 0.3) is 0 Å². The predicted molar refractivity (Wildman–Crippen MR) is 98.6 cm³/mol. The highest BCUT2D eigenvalue weighted by Gasteiger charge is 2.13. The first-order valence-corrected chi connectivity index (χ1v) is 8.83. The second kappa shape index (κ2) is 6.51. The van der Waals surface area contributed by atoms with Crippen LogP contribution in [0.15, 0.2) is 36.7 Å². The summed E-state index contributed by atoms with van der Waals surface area (Å²) in [5.74, 6) is 0. The molecule has 25 heavy (non-hydrogen) atoms. The Morgan fingerprint density at radius 2 is 2.16 bits per heavy atom. The second-order valence-corrected chi connectivity index (χ2v) is 7.04. The summed E-state index contributed by atoms with van der Waals surface area (Å²) in [4.78, 5) is 11.0. The minimum Gasteiger partial charge on any atom is -0.387 e. The number of aryl methyl sites for hydroxylation is 1. The Morgan fingerprint density at radius 1 is 1.28 bits per heavy atom. The maximum atomic E-state index is 10.2. The van der Waals surface area contributed by atoms with E-state index >= 15 is 0 Å². The van der Waals surface area contributed by atoms with Gasteiger partial charge in [0.1, 0.15) is 4.83 Å². The maximum Gasteiger partial charge on any atom is 0.181 e. The van der Waals surface area contributed by atoms with Gasteiger partial charge in [-0.2, -0.15) is 5.10 Å². The molecule has 6 nitrogen and oxygen atoms in total. The summed E-state index contributed by atoms with van der Waals surface area (Å²) in [6, 6.07) is 8.07. The number of aliphatic hydroxyl groups excluding tert-OH is 1. The third kappa shape index (κ3) is 3.13. The van der Waals surface area contributed by atoms with Crippen LogP contribution in [0.4, 0.5) is 0 Å². The molecule has 0 radical (unpaired) electrons. The van der Waals surface area contributed by atoms with Gasteiger partial charge in [-0.1, -0.05) is 0 Å². The Morgan fingerprint density at radius 3 is 3.00 bits per heavy atom. The van der Waals surface area contributed by atoms with E-state index in [1.165, 1.54) is 11.3 Å². The van der Waals surface area contributed by atoms with Gasteiger partial charge in [-0.3, -0.25) is 4.68 Å².